The summed E-state index contributed by atoms with van der Waals surface area (Å²) in [6.07, 6.45) is -7.15. The van der Waals surface area contributed by atoms with Gasteiger partial charge in [0.25, 0.3) is 0 Å². The van der Waals surface area contributed by atoms with Crippen LogP contribution in [0.4, 0.5) is 5.82 Å². The Bertz CT molecular complexity index is 1600. The van der Waals surface area contributed by atoms with Gasteiger partial charge in [0.2, 0.25) is 5.91 Å². The van der Waals surface area contributed by atoms with Crippen molar-refractivity contribution >= 4 is 38.5 Å². The highest BCUT2D eigenvalue weighted by molar-refractivity contribution is 7.61. The van der Waals surface area contributed by atoms with Gasteiger partial charge in [0.05, 0.1) is 19.5 Å². The molecular formula is C21H29N7O14P2. The third kappa shape index (κ3) is 6.70. The van der Waals surface area contributed by atoms with Crippen molar-refractivity contribution in [3.05, 3.63) is 36.7 Å². The molecule has 0 saturated carbocycles. The molecule has 3 aliphatic heterocycles. The number of allylic oxidation sites excluding steroid dienone is 1. The number of hydrogen-bond acceptors (Lipinski definition) is 17. The number of carbonyl (C=O) groups excluding carboxylic acids is 1. The van der Waals surface area contributed by atoms with Gasteiger partial charge in [0.15, 0.2) is 23.9 Å². The zero-order valence-corrected chi connectivity index (χ0v) is 24.0. The van der Waals surface area contributed by atoms with E-state index < -0.39 is 90.2 Å². The Labute approximate surface area is 248 Å². The number of imidazole rings is 1. The van der Waals surface area contributed by atoms with Crippen molar-refractivity contribution in [1.29, 1.82) is 0 Å². The zero-order chi connectivity index (χ0) is 32.8. The fourth-order valence-corrected chi connectivity index (χ4v) is 6.67. The highest BCUT2D eigenvalue weighted by Gasteiger charge is 2.48. The van der Waals surface area contributed by atoms with E-state index >= 15 is 0 Å². The van der Waals surface area contributed by atoms with E-state index in [1.54, 1.807) is 0 Å². The second kappa shape index (κ2) is 12.5. The van der Waals surface area contributed by atoms with Crippen LogP contribution in [0.15, 0.2) is 36.7 Å². The summed E-state index contributed by atoms with van der Waals surface area (Å²) in [6, 6.07) is 0. The Morgan fingerprint density at radius 3 is 2.20 bits per heavy atom. The van der Waals surface area contributed by atoms with Crippen LogP contribution in [0, 0.1) is 0 Å². The predicted octanol–water partition coefficient (Wildman–Crippen LogP) is -2.69. The lowest BCUT2D eigenvalue weighted by Gasteiger charge is -2.28. The lowest BCUT2D eigenvalue weighted by Crippen LogP contribution is -2.40. The van der Waals surface area contributed by atoms with E-state index in [0.717, 1.165) is 17.4 Å². The number of fused-ring (bicyclic) bond motifs is 1. The second-order valence-corrected chi connectivity index (χ2v) is 12.7. The summed E-state index contributed by atoms with van der Waals surface area (Å²) in [4.78, 5) is 44.6. The fourth-order valence-electron chi connectivity index (χ4n) is 4.58. The van der Waals surface area contributed by atoms with E-state index in [0.29, 0.717) is 0 Å². The Kier molecular flexibility index (Phi) is 8.83. The maximum Gasteiger partial charge on any atom is 0.481 e. The number of primary amides is 1. The lowest BCUT2D eigenvalue weighted by molar-refractivity contribution is -0.115. The number of carbonyl (C=O) groups is 1. The molecule has 0 aliphatic carbocycles. The van der Waals surface area contributed by atoms with Crippen LogP contribution in [0.1, 0.15) is 14.0 Å². The summed E-state index contributed by atoms with van der Waals surface area (Å²) in [5.74, 6) is -0.854. The van der Waals surface area contributed by atoms with Gasteiger partial charge in [-0.2, -0.15) is 4.31 Å². The Hall–Kier alpha value is -2.88. The van der Waals surface area contributed by atoms with Crippen molar-refractivity contribution in [2.24, 2.45) is 5.73 Å². The summed E-state index contributed by atoms with van der Waals surface area (Å²) in [5.41, 5.74) is 11.2. The standard InChI is InChI=1S/C21H29N7O14P2/c22-17-12-19(25-7-24-17)28(8-26-12)21-16(32)14(30)11(41-21)6-39-44(36,37)42-43(34,35)38-5-10-13(29)15(31)20(40-10)27-3-1-2-9(4-27)18(23)33/h1,3-4,7-8,10-11,13-16,20-21,29-32H,2,5-6H2,(H2,23,33)(H,34,35)(H,36,37)(H2,22,24,25)/t10-,11-,13-,14-,15-,16-,20-,21-/m1/s1/i2D/t2-,10+,11+,13+,14+,15+,16+,20+,21+/m0. The maximum atomic E-state index is 12.4. The molecule has 2 aromatic heterocycles. The normalized spacial score (nSPS) is 35.3. The summed E-state index contributed by atoms with van der Waals surface area (Å²) < 4.78 is 58.6. The summed E-state index contributed by atoms with van der Waals surface area (Å²) in [7, 11) is -10.8. The average Bonchev–Trinajstić information content (AvgIpc) is 3.61. The molecule has 0 aromatic carbocycles. The molecule has 11 atom stereocenters. The molecule has 242 valence electrons. The molecule has 0 radical (unpaired) electrons. The molecule has 21 nitrogen and oxygen atoms in total. The quantitative estimate of drug-likeness (QED) is 0.113. The molecule has 23 heteroatoms. The number of nitrogen functional groups attached to an aromatic ring is 1. The molecule has 5 heterocycles. The molecule has 2 aromatic rings. The van der Waals surface area contributed by atoms with Gasteiger partial charge in [-0.15, -0.1) is 0 Å². The molecular weight excluding hydrogens is 636 g/mol. The number of ether oxygens (including phenoxy) is 2. The fraction of sp³-hybridized carbons (Fsp3) is 0.524. The van der Waals surface area contributed by atoms with E-state index in [9.17, 15) is 44.1 Å². The minimum atomic E-state index is -5.40. The number of anilines is 1. The highest BCUT2D eigenvalue weighted by atomic mass is 31.3. The third-order valence-electron chi connectivity index (χ3n) is 6.75. The summed E-state index contributed by atoms with van der Waals surface area (Å²) in [6.45, 7) is -1.84. The Balaban J connectivity index is 1.15. The molecule has 44 heavy (non-hydrogen) atoms. The predicted molar refractivity (Wildman–Crippen MR) is 142 cm³/mol. The number of aliphatic hydroxyl groups is 4. The molecule has 2 unspecified atom stereocenters. The van der Waals surface area contributed by atoms with Crippen molar-refractivity contribution in [2.75, 3.05) is 18.9 Å². The first kappa shape index (κ1) is 31.1. The largest absolute Gasteiger partial charge is 0.481 e. The molecule has 5 rings (SSSR count). The molecule has 10 N–H and O–H groups in total. The maximum absolute atomic E-state index is 12.4. The van der Waals surface area contributed by atoms with Gasteiger partial charge in [-0.3, -0.25) is 18.4 Å². The van der Waals surface area contributed by atoms with E-state index in [2.05, 4.69) is 23.8 Å². The van der Waals surface area contributed by atoms with Gasteiger partial charge in [-0.25, -0.2) is 24.1 Å². The topological polar surface area (TPSA) is 318 Å². The van der Waals surface area contributed by atoms with Gasteiger partial charge >= 0.3 is 15.6 Å². The van der Waals surface area contributed by atoms with E-state index in [1.165, 1.54) is 23.2 Å². The van der Waals surface area contributed by atoms with E-state index in [-0.39, 0.29) is 22.6 Å². The van der Waals surface area contributed by atoms with Crippen LogP contribution in [0.2, 0.25) is 0 Å². The first-order chi connectivity index (χ1) is 21.1. The van der Waals surface area contributed by atoms with Crippen molar-refractivity contribution in [3.63, 3.8) is 0 Å². The van der Waals surface area contributed by atoms with Gasteiger partial charge < -0.3 is 56.1 Å². The molecule has 2 fully saturated rings. The van der Waals surface area contributed by atoms with Crippen LogP contribution in [0.5, 0.6) is 0 Å². The van der Waals surface area contributed by atoms with Crippen molar-refractivity contribution in [3.8, 4) is 0 Å². The van der Waals surface area contributed by atoms with Crippen LogP contribution < -0.4 is 11.5 Å². The molecule has 1 amide bonds. The van der Waals surface area contributed by atoms with Crippen molar-refractivity contribution in [2.45, 2.75) is 55.5 Å². The number of nitrogens with zero attached hydrogens (tertiary/aromatic N) is 5. The zero-order valence-electron chi connectivity index (χ0n) is 23.2. The number of amides is 1. The minimum Gasteiger partial charge on any atom is -0.387 e. The number of hydrogen-bond donors (Lipinski definition) is 8. The number of rotatable bonds is 11. The van der Waals surface area contributed by atoms with Crippen molar-refractivity contribution < 1.29 is 68.3 Å². The highest BCUT2D eigenvalue weighted by Crippen LogP contribution is 2.60. The molecule has 0 spiro atoms. The SMILES string of the molecule is [2H][C@H]1C=CN([C@@H]2O[C@H](COP(=O)(O)OP(=O)(O)OC[C@H]3O[C@@H](n4cnc5c(N)ncnc54)[C@H](O)[C@@H]3O)[C@@H](O)[C@H]2O)C=C1C(N)=O. The smallest absolute Gasteiger partial charge is 0.387 e. The van der Waals surface area contributed by atoms with E-state index in [4.69, 9.17) is 26.8 Å². The first-order valence-corrected chi connectivity index (χ1v) is 15.6. The van der Waals surface area contributed by atoms with Crippen LogP contribution in [0.25, 0.3) is 11.2 Å². The Morgan fingerprint density at radius 2 is 1.59 bits per heavy atom. The van der Waals surface area contributed by atoms with Gasteiger partial charge in [-0.1, -0.05) is 6.08 Å². The number of phosphoric ester groups is 2. The molecule has 2 saturated heterocycles. The Morgan fingerprint density at radius 1 is 1.00 bits per heavy atom. The number of nitrogens with two attached hydrogens (primary N) is 2. The van der Waals surface area contributed by atoms with Crippen LogP contribution in [0.3, 0.4) is 0 Å². The number of aliphatic hydroxyl groups excluding tert-OH is 4. The second-order valence-electron chi connectivity index (χ2n) is 9.69. The average molecular weight is 666 g/mol. The summed E-state index contributed by atoms with van der Waals surface area (Å²) >= 11 is 0. The van der Waals surface area contributed by atoms with Crippen LogP contribution in [-0.4, -0.2) is 117 Å². The van der Waals surface area contributed by atoms with Crippen LogP contribution >= 0.6 is 15.6 Å². The first-order valence-electron chi connectivity index (χ1n) is 13.2. The van der Waals surface area contributed by atoms with Gasteiger partial charge in [-0.05, 0) is 6.40 Å². The third-order valence-corrected chi connectivity index (χ3v) is 9.35. The number of phosphoric acid groups is 2. The van der Waals surface area contributed by atoms with Crippen molar-refractivity contribution in [1.82, 2.24) is 24.4 Å². The van der Waals surface area contributed by atoms with Gasteiger partial charge in [0.1, 0.15) is 48.5 Å². The van der Waals surface area contributed by atoms with Crippen LogP contribution in [-0.2, 0) is 36.8 Å². The van der Waals surface area contributed by atoms with Gasteiger partial charge in [0, 0.05) is 19.3 Å². The van der Waals surface area contributed by atoms with E-state index in [1.807, 2.05) is 0 Å². The monoisotopic (exact) mass is 666 g/mol. The molecule has 3 aliphatic rings. The summed E-state index contributed by atoms with van der Waals surface area (Å²) in [5, 5.41) is 41.7. The minimum absolute atomic E-state index is 0.0451. The number of aromatic nitrogens is 4. The molecule has 0 bridgehead atoms. The lowest BCUT2D eigenvalue weighted by atomic mass is 10.1.